The summed E-state index contributed by atoms with van der Waals surface area (Å²) < 4.78 is 79.6. The molecule has 0 unspecified atom stereocenters. The minimum Gasteiger partial charge on any atom is -0.481 e. The lowest BCUT2D eigenvalue weighted by Gasteiger charge is -2.39. The van der Waals surface area contributed by atoms with E-state index in [9.17, 15) is 31.1 Å². The summed E-state index contributed by atoms with van der Waals surface area (Å²) in [5.74, 6) is -1.41. The highest BCUT2D eigenvalue weighted by molar-refractivity contribution is 5.67. The first-order valence-electron chi connectivity index (χ1n) is 9.88. The van der Waals surface area contributed by atoms with Gasteiger partial charge in [-0.1, -0.05) is 24.3 Å². The van der Waals surface area contributed by atoms with E-state index in [2.05, 4.69) is 4.74 Å². The highest BCUT2D eigenvalue weighted by Gasteiger charge is 2.34. The fourth-order valence-corrected chi connectivity index (χ4v) is 3.98. The number of carboxylic acids is 1. The van der Waals surface area contributed by atoms with Gasteiger partial charge in [0.25, 0.3) is 0 Å². The normalized spacial score (nSPS) is 20.2. The Morgan fingerprint density at radius 2 is 1.62 bits per heavy atom. The molecule has 1 fully saturated rings. The molecule has 10 heteroatoms. The van der Waals surface area contributed by atoms with Crippen LogP contribution in [-0.2, 0) is 17.5 Å². The number of carbonyl (C=O) groups is 1. The maximum Gasteiger partial charge on any atom is 0.573 e. The molecule has 32 heavy (non-hydrogen) atoms. The number of halogens is 6. The van der Waals surface area contributed by atoms with Crippen LogP contribution in [-0.4, -0.2) is 28.9 Å². The van der Waals surface area contributed by atoms with E-state index < -0.39 is 24.1 Å². The van der Waals surface area contributed by atoms with Gasteiger partial charge in [-0.25, -0.2) is 0 Å². The Hall–Kier alpha value is -2.75. The molecule has 1 N–H and O–H groups in total. The van der Waals surface area contributed by atoms with Crippen LogP contribution < -0.4 is 4.74 Å². The predicted octanol–water partition coefficient (Wildman–Crippen LogP) is 6.03. The number of benzene rings is 2. The van der Waals surface area contributed by atoms with Crippen LogP contribution in [0.25, 0.3) is 0 Å². The predicted molar refractivity (Wildman–Crippen MR) is 103 cm³/mol. The Morgan fingerprint density at radius 3 is 2.16 bits per heavy atom. The molecule has 0 aliphatic carbocycles. The summed E-state index contributed by atoms with van der Waals surface area (Å²) in [5, 5.41) is 9.13. The fraction of sp³-hybridized carbons (Fsp3) is 0.409. The topological polar surface area (TPSA) is 49.8 Å². The lowest BCUT2D eigenvalue weighted by molar-refractivity contribution is -0.274. The van der Waals surface area contributed by atoms with Crippen molar-refractivity contribution in [2.45, 2.75) is 44.4 Å². The van der Waals surface area contributed by atoms with Gasteiger partial charge in [0, 0.05) is 19.0 Å². The Kier molecular flexibility index (Phi) is 7.02. The van der Waals surface area contributed by atoms with Gasteiger partial charge in [-0.3, -0.25) is 9.69 Å². The second kappa shape index (κ2) is 9.40. The average molecular weight is 461 g/mol. The van der Waals surface area contributed by atoms with Gasteiger partial charge in [0.1, 0.15) is 5.75 Å². The van der Waals surface area contributed by atoms with Crippen LogP contribution in [0.15, 0.2) is 48.5 Å². The standard InChI is InChI=1S/C22H21F6NO3/c23-21(24,25)17-5-3-16(4-6-17)19-11-15(12-20(30)31)9-10-29(19)13-14-1-7-18(8-2-14)32-22(26,27)28/h1-8,15,19H,9-13H2,(H,30,31)/t15-,19+/m0/s1. The molecule has 1 aliphatic heterocycles. The average Bonchev–Trinajstić information content (AvgIpc) is 2.68. The van der Waals surface area contributed by atoms with Crippen molar-refractivity contribution in [2.75, 3.05) is 6.54 Å². The zero-order valence-corrected chi connectivity index (χ0v) is 16.8. The maximum atomic E-state index is 12.9. The quantitative estimate of drug-likeness (QED) is 0.534. The molecule has 174 valence electrons. The smallest absolute Gasteiger partial charge is 0.481 e. The maximum absolute atomic E-state index is 12.9. The number of aliphatic carboxylic acids is 1. The van der Waals surface area contributed by atoms with Crippen molar-refractivity contribution in [3.8, 4) is 5.75 Å². The van der Waals surface area contributed by atoms with E-state index in [4.69, 9.17) is 5.11 Å². The lowest BCUT2D eigenvalue weighted by Crippen LogP contribution is -2.37. The Bertz CT molecular complexity index is 909. The Labute approximate surface area is 180 Å². The molecule has 0 saturated carbocycles. The zero-order chi connectivity index (χ0) is 23.5. The number of alkyl halides is 6. The van der Waals surface area contributed by atoms with Crippen LogP contribution in [0.1, 0.15) is 42.0 Å². The van der Waals surface area contributed by atoms with Gasteiger partial charge in [-0.15, -0.1) is 13.2 Å². The second-order valence-electron chi connectivity index (χ2n) is 7.79. The molecule has 0 bridgehead atoms. The number of hydrogen-bond donors (Lipinski definition) is 1. The number of rotatable bonds is 6. The molecule has 2 aromatic rings. The van der Waals surface area contributed by atoms with Crippen LogP contribution in [0.3, 0.4) is 0 Å². The van der Waals surface area contributed by atoms with E-state index >= 15 is 0 Å². The van der Waals surface area contributed by atoms with Crippen molar-refractivity contribution in [1.82, 2.24) is 4.90 Å². The zero-order valence-electron chi connectivity index (χ0n) is 16.8. The van der Waals surface area contributed by atoms with Crippen molar-refractivity contribution >= 4 is 5.97 Å². The summed E-state index contributed by atoms with van der Waals surface area (Å²) in [6.45, 7) is 0.849. The van der Waals surface area contributed by atoms with Crippen molar-refractivity contribution in [3.63, 3.8) is 0 Å². The van der Waals surface area contributed by atoms with Gasteiger partial charge < -0.3 is 9.84 Å². The Morgan fingerprint density at radius 1 is 1.00 bits per heavy atom. The fourth-order valence-electron chi connectivity index (χ4n) is 3.98. The molecule has 1 heterocycles. The molecule has 1 saturated heterocycles. The van der Waals surface area contributed by atoms with Gasteiger partial charge >= 0.3 is 18.5 Å². The van der Waals surface area contributed by atoms with Crippen molar-refractivity contribution < 1.29 is 41.0 Å². The number of likely N-dealkylation sites (tertiary alicyclic amines) is 1. The first kappa shape index (κ1) is 23.9. The molecule has 0 radical (unpaired) electrons. The first-order valence-corrected chi connectivity index (χ1v) is 9.88. The molecule has 0 aromatic heterocycles. The number of carboxylic acid groups (broad SMARTS) is 1. The highest BCUT2D eigenvalue weighted by atomic mass is 19.4. The summed E-state index contributed by atoms with van der Waals surface area (Å²) >= 11 is 0. The molecule has 3 rings (SSSR count). The largest absolute Gasteiger partial charge is 0.573 e. The summed E-state index contributed by atoms with van der Waals surface area (Å²) in [7, 11) is 0. The minimum absolute atomic E-state index is 0.0333. The summed E-state index contributed by atoms with van der Waals surface area (Å²) in [6.07, 6.45) is -8.24. The highest BCUT2D eigenvalue weighted by Crippen LogP contribution is 2.38. The molecular formula is C22H21F6NO3. The van der Waals surface area contributed by atoms with Gasteiger partial charge in [0.2, 0.25) is 0 Å². The molecule has 2 aromatic carbocycles. The van der Waals surface area contributed by atoms with Crippen LogP contribution >= 0.6 is 0 Å². The minimum atomic E-state index is -4.79. The number of piperidine rings is 1. The van der Waals surface area contributed by atoms with Gasteiger partial charge in [-0.05, 0) is 60.7 Å². The van der Waals surface area contributed by atoms with E-state index in [-0.39, 0.29) is 24.1 Å². The SMILES string of the molecule is O=C(O)C[C@H]1CCN(Cc2ccc(OC(F)(F)F)cc2)[C@@H](c2ccc(C(F)(F)F)cc2)C1. The van der Waals surface area contributed by atoms with Crippen molar-refractivity contribution in [2.24, 2.45) is 5.92 Å². The summed E-state index contributed by atoms with van der Waals surface area (Å²) in [6, 6.07) is 9.85. The summed E-state index contributed by atoms with van der Waals surface area (Å²) in [5.41, 5.74) is 0.559. The van der Waals surface area contributed by atoms with Gasteiger partial charge in [0.15, 0.2) is 0 Å². The number of ether oxygens (including phenoxy) is 1. The van der Waals surface area contributed by atoms with Crippen LogP contribution in [0, 0.1) is 5.92 Å². The third kappa shape index (κ3) is 6.62. The van der Waals surface area contributed by atoms with Crippen LogP contribution in [0.5, 0.6) is 5.75 Å². The third-order valence-corrected chi connectivity index (χ3v) is 5.45. The van der Waals surface area contributed by atoms with E-state index in [0.717, 1.165) is 12.1 Å². The van der Waals surface area contributed by atoms with Crippen molar-refractivity contribution in [3.05, 3.63) is 65.2 Å². The second-order valence-corrected chi connectivity index (χ2v) is 7.79. The summed E-state index contributed by atoms with van der Waals surface area (Å²) in [4.78, 5) is 13.1. The molecule has 2 atom stereocenters. The molecular weight excluding hydrogens is 440 g/mol. The van der Waals surface area contributed by atoms with Crippen molar-refractivity contribution in [1.29, 1.82) is 0 Å². The lowest BCUT2D eigenvalue weighted by atomic mass is 9.84. The molecule has 0 amide bonds. The number of nitrogens with zero attached hydrogens (tertiary/aromatic N) is 1. The van der Waals surface area contributed by atoms with E-state index in [1.807, 2.05) is 4.90 Å². The van der Waals surface area contributed by atoms with Crippen LogP contribution in [0.4, 0.5) is 26.3 Å². The van der Waals surface area contributed by atoms with E-state index in [1.165, 1.54) is 36.4 Å². The number of hydrogen-bond acceptors (Lipinski definition) is 3. The monoisotopic (exact) mass is 461 g/mol. The van der Waals surface area contributed by atoms with Crippen LogP contribution in [0.2, 0.25) is 0 Å². The third-order valence-electron chi connectivity index (χ3n) is 5.45. The van der Waals surface area contributed by atoms with E-state index in [1.54, 1.807) is 0 Å². The molecule has 4 nitrogen and oxygen atoms in total. The first-order chi connectivity index (χ1) is 14.9. The van der Waals surface area contributed by atoms with E-state index in [0.29, 0.717) is 37.1 Å². The van der Waals surface area contributed by atoms with Gasteiger partial charge in [-0.2, -0.15) is 13.2 Å². The Balaban J connectivity index is 1.79. The molecule has 0 spiro atoms. The molecule has 1 aliphatic rings. The van der Waals surface area contributed by atoms with Gasteiger partial charge in [0.05, 0.1) is 5.56 Å².